The lowest BCUT2D eigenvalue weighted by Gasteiger charge is -2.32. The molecule has 0 aromatic carbocycles. The zero-order chi connectivity index (χ0) is 20.9. The molecule has 9 nitrogen and oxygen atoms in total. The predicted octanol–water partition coefficient (Wildman–Crippen LogP) is 0.102. The minimum atomic E-state index is -3.67. The van der Waals surface area contributed by atoms with E-state index in [-0.39, 0.29) is 30.3 Å². The second-order valence-corrected chi connectivity index (χ2v) is 10.8. The third-order valence-corrected chi connectivity index (χ3v) is 8.74. The Labute approximate surface area is 171 Å². The molecule has 0 radical (unpaired) electrons. The highest BCUT2D eigenvalue weighted by Gasteiger charge is 2.70. The van der Waals surface area contributed by atoms with Gasteiger partial charge in [-0.2, -0.15) is 0 Å². The Kier molecular flexibility index (Phi) is 5.65. The number of ether oxygens (including phenoxy) is 3. The number of carbonyl (C=O) groups is 2. The molecule has 2 saturated heterocycles. The van der Waals surface area contributed by atoms with Gasteiger partial charge in [-0.05, 0) is 38.3 Å². The molecule has 2 aliphatic heterocycles. The van der Waals surface area contributed by atoms with Crippen LogP contribution in [-0.4, -0.2) is 75.7 Å². The number of nitrogens with one attached hydrogen (secondary N) is 1. The lowest BCUT2D eigenvalue weighted by Crippen LogP contribution is -2.48. The molecule has 0 aromatic heterocycles. The van der Waals surface area contributed by atoms with Crippen molar-refractivity contribution in [3.63, 3.8) is 0 Å². The summed E-state index contributed by atoms with van der Waals surface area (Å²) in [5.74, 6) is -2.47. The summed E-state index contributed by atoms with van der Waals surface area (Å²) in [7, 11) is -2.22. The van der Waals surface area contributed by atoms with Crippen molar-refractivity contribution in [2.75, 3.05) is 26.7 Å². The highest BCUT2D eigenvalue weighted by Crippen LogP contribution is 2.56. The average Bonchev–Trinajstić information content (AvgIpc) is 3.38. The Morgan fingerprint density at radius 2 is 1.86 bits per heavy atom. The molecule has 0 aromatic rings. The van der Waals surface area contributed by atoms with E-state index in [2.05, 4.69) is 4.72 Å². The highest BCUT2D eigenvalue weighted by atomic mass is 32.2. The minimum Gasteiger partial charge on any atom is -0.459 e. The largest absolute Gasteiger partial charge is 0.459 e. The van der Waals surface area contributed by atoms with Crippen LogP contribution in [0.4, 0.5) is 0 Å². The zero-order valence-corrected chi connectivity index (χ0v) is 17.9. The first-order valence-corrected chi connectivity index (χ1v) is 11.9. The van der Waals surface area contributed by atoms with Crippen LogP contribution in [0.1, 0.15) is 33.1 Å². The van der Waals surface area contributed by atoms with Crippen LogP contribution in [0.15, 0.2) is 0 Å². The monoisotopic (exact) mass is 430 g/mol. The predicted molar refractivity (Wildman–Crippen MR) is 102 cm³/mol. The third-order valence-electron chi connectivity index (χ3n) is 6.78. The van der Waals surface area contributed by atoms with E-state index in [1.165, 1.54) is 7.11 Å². The van der Waals surface area contributed by atoms with Crippen molar-refractivity contribution in [1.82, 2.24) is 9.62 Å². The van der Waals surface area contributed by atoms with Crippen LogP contribution in [0.2, 0.25) is 0 Å². The van der Waals surface area contributed by atoms with Crippen molar-refractivity contribution in [2.45, 2.75) is 56.8 Å². The molecule has 2 bridgehead atoms. The van der Waals surface area contributed by atoms with Gasteiger partial charge in [0.25, 0.3) is 0 Å². The Bertz CT molecular complexity index is 765. The molecule has 7 atom stereocenters. The fourth-order valence-electron chi connectivity index (χ4n) is 5.58. The number of hydrogen-bond donors (Lipinski definition) is 1. The summed E-state index contributed by atoms with van der Waals surface area (Å²) in [5.41, 5.74) is 0. The maximum atomic E-state index is 13.0. The number of nitrogens with zero attached hydrogens (tertiary/aromatic N) is 1. The van der Waals surface area contributed by atoms with Crippen molar-refractivity contribution >= 4 is 22.0 Å². The summed E-state index contributed by atoms with van der Waals surface area (Å²) >= 11 is 0. The smallest absolute Gasteiger partial charge is 0.320 e. The van der Waals surface area contributed by atoms with E-state index in [0.29, 0.717) is 6.42 Å². The van der Waals surface area contributed by atoms with E-state index in [0.717, 1.165) is 25.9 Å². The van der Waals surface area contributed by atoms with Crippen molar-refractivity contribution in [2.24, 2.45) is 23.7 Å². The van der Waals surface area contributed by atoms with Gasteiger partial charge in [-0.15, -0.1) is 0 Å². The Hall–Kier alpha value is -1.23. The molecule has 29 heavy (non-hydrogen) atoms. The van der Waals surface area contributed by atoms with Gasteiger partial charge in [0.1, 0.15) is 6.10 Å². The molecular formula is C19H30N2O7S. The lowest BCUT2D eigenvalue weighted by atomic mass is 9.83. The normalized spacial score (nSPS) is 38.5. The first-order chi connectivity index (χ1) is 13.7. The van der Waals surface area contributed by atoms with Crippen LogP contribution in [0.25, 0.3) is 0 Å². The van der Waals surface area contributed by atoms with Gasteiger partial charge in [0, 0.05) is 18.9 Å². The maximum absolute atomic E-state index is 13.0. The molecule has 4 aliphatic rings. The van der Waals surface area contributed by atoms with Gasteiger partial charge in [-0.25, -0.2) is 13.1 Å². The molecule has 2 heterocycles. The topological polar surface area (TPSA) is 111 Å². The number of carbonyl (C=O) groups excluding carboxylic acids is 2. The van der Waals surface area contributed by atoms with E-state index in [4.69, 9.17) is 14.2 Å². The zero-order valence-electron chi connectivity index (χ0n) is 17.1. The third kappa shape index (κ3) is 3.68. The van der Waals surface area contributed by atoms with Gasteiger partial charge in [0.15, 0.2) is 0 Å². The summed E-state index contributed by atoms with van der Waals surface area (Å²) < 4.78 is 44.5. The number of methoxy groups -OCH3 is 1. The standard InChI is InChI=1S/C19H30N2O7S/c1-10(2)19(26-3)28-18(23)14-11-8-12-15(20-29(24,25)17(12)14)16(11)27-13(22)9-21-6-4-5-7-21/h10-12,14-17,19-20H,4-9H2,1-3H3. The fourth-order valence-corrected chi connectivity index (χ4v) is 7.87. The maximum Gasteiger partial charge on any atom is 0.320 e. The first-order valence-electron chi connectivity index (χ1n) is 10.4. The summed E-state index contributed by atoms with van der Waals surface area (Å²) in [5, 5.41) is -0.830. The average molecular weight is 431 g/mol. The fraction of sp³-hybridized carbons (Fsp3) is 0.895. The lowest BCUT2D eigenvalue weighted by molar-refractivity contribution is -0.190. The number of fused-ring (bicyclic) bond motifs is 1. The molecule has 164 valence electrons. The van der Waals surface area contributed by atoms with Gasteiger partial charge < -0.3 is 14.2 Å². The Morgan fingerprint density at radius 1 is 1.17 bits per heavy atom. The summed E-state index contributed by atoms with van der Waals surface area (Å²) in [6, 6.07) is -0.454. The van der Waals surface area contributed by atoms with Crippen molar-refractivity contribution in [3.05, 3.63) is 0 Å². The quantitative estimate of drug-likeness (QED) is 0.447. The van der Waals surface area contributed by atoms with Crippen LogP contribution >= 0.6 is 0 Å². The molecule has 10 heteroatoms. The second-order valence-electron chi connectivity index (χ2n) is 8.97. The number of esters is 2. The molecule has 0 spiro atoms. The van der Waals surface area contributed by atoms with E-state index in [9.17, 15) is 18.0 Å². The van der Waals surface area contributed by atoms with Gasteiger partial charge in [0.05, 0.1) is 23.8 Å². The SMILES string of the molecule is COC(OC(=O)C1C2CC3C(NS(=O)(=O)C31)C2OC(=O)CN1CCCC1)C(C)C. The molecule has 2 saturated carbocycles. The van der Waals surface area contributed by atoms with Crippen LogP contribution in [-0.2, 0) is 33.8 Å². The number of likely N-dealkylation sites (tertiary alicyclic amines) is 1. The van der Waals surface area contributed by atoms with E-state index >= 15 is 0 Å². The highest BCUT2D eigenvalue weighted by molar-refractivity contribution is 7.90. The Balaban J connectivity index is 1.50. The van der Waals surface area contributed by atoms with E-state index < -0.39 is 45.6 Å². The van der Waals surface area contributed by atoms with Crippen LogP contribution in [0, 0.1) is 23.7 Å². The van der Waals surface area contributed by atoms with E-state index in [1.54, 1.807) is 0 Å². The van der Waals surface area contributed by atoms with Crippen LogP contribution < -0.4 is 4.72 Å². The number of sulfonamides is 1. The number of hydrogen-bond acceptors (Lipinski definition) is 8. The summed E-state index contributed by atoms with van der Waals surface area (Å²) in [4.78, 5) is 27.5. The first kappa shape index (κ1) is 21.0. The van der Waals surface area contributed by atoms with Crippen molar-refractivity contribution in [1.29, 1.82) is 0 Å². The molecular weight excluding hydrogens is 400 g/mol. The van der Waals surface area contributed by atoms with E-state index in [1.807, 2.05) is 18.7 Å². The Morgan fingerprint density at radius 3 is 2.48 bits per heavy atom. The molecule has 4 rings (SSSR count). The van der Waals surface area contributed by atoms with Crippen LogP contribution in [0.3, 0.4) is 0 Å². The summed E-state index contributed by atoms with van der Waals surface area (Å²) in [6.07, 6.45) is 1.28. The molecule has 2 aliphatic carbocycles. The van der Waals surface area contributed by atoms with Gasteiger partial charge in [0.2, 0.25) is 16.3 Å². The van der Waals surface area contributed by atoms with Gasteiger partial charge in [-0.1, -0.05) is 13.8 Å². The van der Waals surface area contributed by atoms with Gasteiger partial charge in [-0.3, -0.25) is 14.5 Å². The van der Waals surface area contributed by atoms with Crippen molar-refractivity contribution < 1.29 is 32.2 Å². The van der Waals surface area contributed by atoms with Crippen LogP contribution in [0.5, 0.6) is 0 Å². The second kappa shape index (κ2) is 7.79. The number of rotatable bonds is 7. The van der Waals surface area contributed by atoms with Crippen molar-refractivity contribution in [3.8, 4) is 0 Å². The molecule has 4 fully saturated rings. The molecule has 0 amide bonds. The van der Waals surface area contributed by atoms with Gasteiger partial charge >= 0.3 is 11.9 Å². The molecule has 1 N–H and O–H groups in total. The summed E-state index contributed by atoms with van der Waals surface area (Å²) in [6.45, 7) is 5.65. The minimum absolute atomic E-state index is 0.0670. The molecule has 7 unspecified atom stereocenters.